The lowest BCUT2D eigenvalue weighted by molar-refractivity contribution is -0.120. The molecule has 0 saturated carbocycles. The zero-order chi connectivity index (χ0) is 18.7. The van der Waals surface area contributed by atoms with Gasteiger partial charge < -0.3 is 20.1 Å². The molecule has 0 saturated heterocycles. The van der Waals surface area contributed by atoms with E-state index < -0.39 is 11.8 Å². The molecule has 0 fully saturated rings. The minimum absolute atomic E-state index is 0.216. The molecule has 0 radical (unpaired) electrons. The Morgan fingerprint density at radius 1 is 1.35 bits per heavy atom. The normalized spacial score (nSPS) is 16.2. The first kappa shape index (κ1) is 17.7. The molecule has 2 heterocycles. The number of carbonyl (C=O) groups excluding carboxylic acids is 2. The summed E-state index contributed by atoms with van der Waals surface area (Å²) in [5, 5.41) is 0. The molecule has 26 heavy (non-hydrogen) atoms. The molecular formula is C19H21N3O4. The van der Waals surface area contributed by atoms with Crippen molar-refractivity contribution in [3.63, 3.8) is 0 Å². The fraction of sp³-hybridized carbons (Fsp3) is 0.316. The number of primary amides is 1. The highest BCUT2D eigenvalue weighted by atomic mass is 16.5. The summed E-state index contributed by atoms with van der Waals surface area (Å²) < 4.78 is 10.6. The third kappa shape index (κ3) is 3.46. The van der Waals surface area contributed by atoms with Crippen LogP contribution in [0.4, 0.5) is 5.69 Å². The maximum Gasteiger partial charge on any atom is 0.230 e. The van der Waals surface area contributed by atoms with E-state index >= 15 is 0 Å². The van der Waals surface area contributed by atoms with Crippen LogP contribution < -0.4 is 20.1 Å². The number of fused-ring (bicyclic) bond motifs is 1. The van der Waals surface area contributed by atoms with Crippen molar-refractivity contribution in [1.82, 2.24) is 4.98 Å². The molecule has 1 aliphatic heterocycles. The topological polar surface area (TPSA) is 94.8 Å². The summed E-state index contributed by atoms with van der Waals surface area (Å²) in [6.07, 6.45) is 0. The highest BCUT2D eigenvalue weighted by Crippen LogP contribution is 2.32. The summed E-state index contributed by atoms with van der Waals surface area (Å²) in [7, 11) is 1.61. The van der Waals surface area contributed by atoms with Gasteiger partial charge in [-0.3, -0.25) is 9.59 Å². The molecule has 1 aromatic heterocycles. The number of ketones is 1. The first-order valence-corrected chi connectivity index (χ1v) is 8.38. The van der Waals surface area contributed by atoms with Gasteiger partial charge in [-0.15, -0.1) is 0 Å². The van der Waals surface area contributed by atoms with E-state index in [1.165, 1.54) is 0 Å². The molecule has 1 unspecified atom stereocenters. The summed E-state index contributed by atoms with van der Waals surface area (Å²) in [6.45, 7) is 2.99. The number of carbonyl (C=O) groups is 2. The van der Waals surface area contributed by atoms with Gasteiger partial charge in [-0.05, 0) is 30.7 Å². The van der Waals surface area contributed by atoms with Gasteiger partial charge in [0.25, 0.3) is 0 Å². The average Bonchev–Trinajstić information content (AvgIpc) is 2.64. The Hall–Kier alpha value is -3.09. The van der Waals surface area contributed by atoms with E-state index in [1.807, 2.05) is 36.1 Å². The number of hydrogen-bond donors (Lipinski definition) is 1. The van der Waals surface area contributed by atoms with Crippen LogP contribution in [0.2, 0.25) is 0 Å². The minimum Gasteiger partial charge on any atom is -0.497 e. The number of rotatable bonds is 6. The summed E-state index contributed by atoms with van der Waals surface area (Å²) in [6, 6.07) is 11.1. The van der Waals surface area contributed by atoms with Gasteiger partial charge in [0.15, 0.2) is 5.78 Å². The van der Waals surface area contributed by atoms with Crippen molar-refractivity contribution in [1.29, 1.82) is 0 Å². The predicted molar refractivity (Wildman–Crippen MR) is 96.5 cm³/mol. The van der Waals surface area contributed by atoms with E-state index in [9.17, 15) is 9.59 Å². The van der Waals surface area contributed by atoms with Crippen LogP contribution in [-0.4, -0.2) is 36.9 Å². The Morgan fingerprint density at radius 3 is 2.85 bits per heavy atom. The largest absolute Gasteiger partial charge is 0.497 e. The standard InChI is InChI=1S/C19H21N3O4/c1-3-26-16-8-7-15-17(21-16)18(23)14(19(20)24)11-22(15)10-12-5-4-6-13(9-12)25-2/h4-9,14H,3,10-11H2,1-2H3,(H2,20,24). The van der Waals surface area contributed by atoms with E-state index in [0.717, 1.165) is 11.3 Å². The van der Waals surface area contributed by atoms with Crippen LogP contribution in [0, 0.1) is 5.92 Å². The van der Waals surface area contributed by atoms with Crippen molar-refractivity contribution in [2.75, 3.05) is 25.2 Å². The molecular weight excluding hydrogens is 334 g/mol. The SMILES string of the molecule is CCOc1ccc2c(n1)C(=O)C(C(N)=O)CN2Cc1cccc(OC)c1. The fourth-order valence-corrected chi connectivity index (χ4v) is 3.03. The molecule has 1 aromatic carbocycles. The molecule has 7 nitrogen and oxygen atoms in total. The van der Waals surface area contributed by atoms with Gasteiger partial charge in [0, 0.05) is 19.2 Å². The Bertz CT molecular complexity index is 837. The van der Waals surface area contributed by atoms with E-state index in [-0.39, 0.29) is 18.0 Å². The van der Waals surface area contributed by atoms with Crippen molar-refractivity contribution in [2.24, 2.45) is 11.7 Å². The molecule has 0 aliphatic carbocycles. The van der Waals surface area contributed by atoms with Crippen molar-refractivity contribution in [3.8, 4) is 11.6 Å². The molecule has 7 heteroatoms. The maximum atomic E-state index is 12.6. The number of pyridine rings is 1. The third-order valence-corrected chi connectivity index (χ3v) is 4.29. The van der Waals surface area contributed by atoms with Gasteiger partial charge in [-0.2, -0.15) is 0 Å². The predicted octanol–water partition coefficient (Wildman–Crippen LogP) is 1.79. The molecule has 3 rings (SSSR count). The fourth-order valence-electron chi connectivity index (χ4n) is 3.03. The highest BCUT2D eigenvalue weighted by Gasteiger charge is 2.37. The van der Waals surface area contributed by atoms with E-state index in [4.69, 9.17) is 15.2 Å². The average molecular weight is 355 g/mol. The Kier molecular flexibility index (Phi) is 5.06. The summed E-state index contributed by atoms with van der Waals surface area (Å²) in [5.41, 5.74) is 7.32. The van der Waals surface area contributed by atoms with Gasteiger partial charge in [-0.25, -0.2) is 4.98 Å². The van der Waals surface area contributed by atoms with Crippen LogP contribution in [0.25, 0.3) is 0 Å². The van der Waals surface area contributed by atoms with Crippen LogP contribution in [0.3, 0.4) is 0 Å². The minimum atomic E-state index is -0.933. The molecule has 2 aromatic rings. The maximum absolute atomic E-state index is 12.6. The number of nitrogens with zero attached hydrogens (tertiary/aromatic N) is 2. The molecule has 1 aliphatic rings. The van der Waals surface area contributed by atoms with Crippen molar-refractivity contribution < 1.29 is 19.1 Å². The van der Waals surface area contributed by atoms with Crippen molar-refractivity contribution in [2.45, 2.75) is 13.5 Å². The Morgan fingerprint density at radius 2 is 2.15 bits per heavy atom. The van der Waals surface area contributed by atoms with Crippen molar-refractivity contribution >= 4 is 17.4 Å². The van der Waals surface area contributed by atoms with Crippen LogP contribution >= 0.6 is 0 Å². The first-order valence-electron chi connectivity index (χ1n) is 8.38. The summed E-state index contributed by atoms with van der Waals surface area (Å²) in [5.74, 6) is -0.855. The molecule has 0 bridgehead atoms. The van der Waals surface area contributed by atoms with Gasteiger partial charge >= 0.3 is 0 Å². The molecule has 2 N–H and O–H groups in total. The molecule has 1 amide bonds. The smallest absolute Gasteiger partial charge is 0.230 e. The summed E-state index contributed by atoms with van der Waals surface area (Å²) >= 11 is 0. The first-order chi connectivity index (χ1) is 12.5. The second kappa shape index (κ2) is 7.43. The number of anilines is 1. The van der Waals surface area contributed by atoms with Crippen LogP contribution in [0.1, 0.15) is 23.0 Å². The molecule has 1 atom stereocenters. The number of aromatic nitrogens is 1. The van der Waals surface area contributed by atoms with Gasteiger partial charge in [0.05, 0.1) is 19.4 Å². The zero-order valence-corrected chi connectivity index (χ0v) is 14.8. The molecule has 136 valence electrons. The number of amides is 1. The van der Waals surface area contributed by atoms with E-state index in [1.54, 1.807) is 19.2 Å². The van der Waals surface area contributed by atoms with E-state index in [2.05, 4.69) is 4.98 Å². The Balaban J connectivity index is 1.98. The number of hydrogen-bond acceptors (Lipinski definition) is 6. The van der Waals surface area contributed by atoms with E-state index in [0.29, 0.717) is 24.7 Å². The lowest BCUT2D eigenvalue weighted by atomic mass is 9.93. The number of benzene rings is 1. The van der Waals surface area contributed by atoms with Crippen LogP contribution in [-0.2, 0) is 11.3 Å². The number of nitrogens with two attached hydrogens (primary N) is 1. The quantitative estimate of drug-likeness (QED) is 0.794. The van der Waals surface area contributed by atoms with Crippen LogP contribution in [0.5, 0.6) is 11.6 Å². The second-order valence-corrected chi connectivity index (χ2v) is 6.00. The highest BCUT2D eigenvalue weighted by molar-refractivity contribution is 6.13. The zero-order valence-electron chi connectivity index (χ0n) is 14.8. The number of methoxy groups -OCH3 is 1. The number of ether oxygens (including phenoxy) is 2. The lowest BCUT2D eigenvalue weighted by Crippen LogP contribution is -2.45. The van der Waals surface area contributed by atoms with Crippen LogP contribution in [0.15, 0.2) is 36.4 Å². The lowest BCUT2D eigenvalue weighted by Gasteiger charge is -2.33. The van der Waals surface area contributed by atoms with Gasteiger partial charge in [-0.1, -0.05) is 12.1 Å². The number of Topliss-reactive ketones (excluding diaryl/α,β-unsaturated/α-hetero) is 1. The third-order valence-electron chi connectivity index (χ3n) is 4.29. The second-order valence-electron chi connectivity index (χ2n) is 6.00. The monoisotopic (exact) mass is 355 g/mol. The van der Waals surface area contributed by atoms with Gasteiger partial charge in [0.1, 0.15) is 17.4 Å². The van der Waals surface area contributed by atoms with Crippen molar-refractivity contribution in [3.05, 3.63) is 47.7 Å². The molecule has 0 spiro atoms. The Labute approximate surface area is 151 Å². The van der Waals surface area contributed by atoms with Gasteiger partial charge in [0.2, 0.25) is 11.8 Å². The summed E-state index contributed by atoms with van der Waals surface area (Å²) in [4.78, 5) is 30.7.